The van der Waals surface area contributed by atoms with E-state index in [0.717, 1.165) is 6.07 Å². The van der Waals surface area contributed by atoms with Crippen LogP contribution in [0.1, 0.15) is 15.9 Å². The van der Waals surface area contributed by atoms with Crippen LogP contribution in [0.4, 0.5) is 8.78 Å². The lowest BCUT2D eigenvalue weighted by Crippen LogP contribution is -2.24. The quantitative estimate of drug-likeness (QED) is 0.655. The van der Waals surface area contributed by atoms with E-state index in [2.05, 4.69) is 30.1 Å². The van der Waals surface area contributed by atoms with Crippen molar-refractivity contribution in [3.8, 4) is 5.75 Å². The molecule has 0 saturated carbocycles. The molecule has 0 heterocycles. The molecule has 0 atom stereocenters. The number of halogens is 3. The number of sulfonamides is 1. The maximum absolute atomic E-state index is 12.4. The minimum Gasteiger partial charge on any atom is -0.465 e. The van der Waals surface area contributed by atoms with E-state index in [-0.39, 0.29) is 28.3 Å². The highest BCUT2D eigenvalue weighted by Crippen LogP contribution is 2.23. The summed E-state index contributed by atoms with van der Waals surface area (Å²) >= 11 is 3.14. The number of carbonyl (C=O) groups is 1. The van der Waals surface area contributed by atoms with E-state index in [1.807, 2.05) is 0 Å². The molecule has 0 amide bonds. The van der Waals surface area contributed by atoms with Crippen molar-refractivity contribution >= 4 is 31.9 Å². The summed E-state index contributed by atoms with van der Waals surface area (Å²) in [6, 6.07) is 9.67. The van der Waals surface area contributed by atoms with Crippen molar-refractivity contribution in [1.29, 1.82) is 0 Å². The minimum atomic E-state index is -4.01. The minimum absolute atomic E-state index is 0.0387. The van der Waals surface area contributed by atoms with Gasteiger partial charge in [-0.3, -0.25) is 0 Å². The van der Waals surface area contributed by atoms with Gasteiger partial charge in [0.05, 0.1) is 17.6 Å². The van der Waals surface area contributed by atoms with Gasteiger partial charge in [0, 0.05) is 16.6 Å². The molecule has 2 aromatic carbocycles. The van der Waals surface area contributed by atoms with Crippen LogP contribution in [0, 0.1) is 0 Å². The number of hydrogen-bond acceptors (Lipinski definition) is 5. The maximum Gasteiger partial charge on any atom is 0.387 e. The zero-order valence-corrected chi connectivity index (χ0v) is 15.8. The van der Waals surface area contributed by atoms with E-state index in [9.17, 15) is 22.0 Å². The van der Waals surface area contributed by atoms with Crippen LogP contribution in [0.3, 0.4) is 0 Å². The third-order valence-electron chi connectivity index (χ3n) is 3.29. The highest BCUT2D eigenvalue weighted by molar-refractivity contribution is 9.10. The number of ether oxygens (including phenoxy) is 2. The smallest absolute Gasteiger partial charge is 0.387 e. The number of benzene rings is 2. The molecule has 0 spiro atoms. The fourth-order valence-corrected chi connectivity index (χ4v) is 3.50. The first-order valence-electron chi connectivity index (χ1n) is 7.15. The molecule has 140 valence electrons. The van der Waals surface area contributed by atoms with E-state index in [1.54, 1.807) is 6.07 Å². The van der Waals surface area contributed by atoms with Crippen LogP contribution in [0.5, 0.6) is 5.75 Å². The topological polar surface area (TPSA) is 81.7 Å². The van der Waals surface area contributed by atoms with E-state index in [0.29, 0.717) is 4.47 Å². The monoisotopic (exact) mass is 449 g/mol. The van der Waals surface area contributed by atoms with Gasteiger partial charge in [-0.2, -0.15) is 8.78 Å². The van der Waals surface area contributed by atoms with E-state index >= 15 is 0 Å². The van der Waals surface area contributed by atoms with Gasteiger partial charge in [-0.1, -0.05) is 18.2 Å². The summed E-state index contributed by atoms with van der Waals surface area (Å²) in [5, 5.41) is 0. The third kappa shape index (κ3) is 4.99. The number of esters is 1. The van der Waals surface area contributed by atoms with Crippen molar-refractivity contribution in [1.82, 2.24) is 4.72 Å². The Kier molecular flexibility index (Phi) is 6.68. The molecule has 6 nitrogen and oxygen atoms in total. The van der Waals surface area contributed by atoms with Gasteiger partial charge in [0.25, 0.3) is 0 Å². The van der Waals surface area contributed by atoms with Gasteiger partial charge in [0.2, 0.25) is 10.0 Å². The fraction of sp³-hybridized carbons (Fsp3) is 0.188. The van der Waals surface area contributed by atoms with Crippen LogP contribution in [0.25, 0.3) is 0 Å². The highest BCUT2D eigenvalue weighted by Gasteiger charge is 2.19. The zero-order chi connectivity index (χ0) is 19.3. The number of alkyl halides is 2. The second-order valence-corrected chi connectivity index (χ2v) is 7.57. The molecule has 0 aliphatic rings. The molecule has 2 rings (SSSR count). The Morgan fingerprint density at radius 2 is 1.92 bits per heavy atom. The van der Waals surface area contributed by atoms with Gasteiger partial charge >= 0.3 is 12.6 Å². The van der Waals surface area contributed by atoms with Crippen LogP contribution < -0.4 is 9.46 Å². The standard InChI is InChI=1S/C16H14BrF2NO5S/c1-24-15(21)12-8-11(6-7-13(12)17)26(22,23)20-9-10-4-2-3-5-14(10)25-16(18)19/h2-8,16,20H,9H2,1H3. The summed E-state index contributed by atoms with van der Waals surface area (Å²) < 4.78 is 61.4. The summed E-state index contributed by atoms with van der Waals surface area (Å²) in [6.45, 7) is -3.30. The van der Waals surface area contributed by atoms with Crippen molar-refractivity contribution in [3.05, 3.63) is 58.1 Å². The molecular formula is C16H14BrF2NO5S. The lowest BCUT2D eigenvalue weighted by molar-refractivity contribution is -0.0504. The Balaban J connectivity index is 2.24. The second kappa shape index (κ2) is 8.56. The summed E-state index contributed by atoms with van der Waals surface area (Å²) in [6.07, 6.45) is 0. The lowest BCUT2D eigenvalue weighted by Gasteiger charge is -2.12. The predicted molar refractivity (Wildman–Crippen MR) is 92.6 cm³/mol. The summed E-state index contributed by atoms with van der Waals surface area (Å²) in [5.41, 5.74) is 0.276. The first-order valence-corrected chi connectivity index (χ1v) is 9.42. The van der Waals surface area contributed by atoms with Crippen molar-refractivity contribution in [2.24, 2.45) is 0 Å². The number of rotatable bonds is 7. The summed E-state index contributed by atoms with van der Waals surface area (Å²) in [7, 11) is -2.83. The molecule has 0 unspecified atom stereocenters. The van der Waals surface area contributed by atoms with E-state index < -0.39 is 22.6 Å². The third-order valence-corrected chi connectivity index (χ3v) is 5.39. The SMILES string of the molecule is COC(=O)c1cc(S(=O)(=O)NCc2ccccc2OC(F)F)ccc1Br. The normalized spacial score (nSPS) is 11.4. The average molecular weight is 450 g/mol. The van der Waals surface area contributed by atoms with Crippen LogP contribution >= 0.6 is 15.9 Å². The molecule has 0 saturated heterocycles. The molecule has 0 aliphatic carbocycles. The molecule has 10 heteroatoms. The number of para-hydroxylation sites is 1. The van der Waals surface area contributed by atoms with Gasteiger partial charge in [-0.15, -0.1) is 0 Å². The Hall–Kier alpha value is -2.04. The predicted octanol–water partition coefficient (Wildman–Crippen LogP) is 3.32. The number of methoxy groups -OCH3 is 1. The van der Waals surface area contributed by atoms with Crippen LogP contribution in [-0.2, 0) is 21.3 Å². The number of carbonyl (C=O) groups excluding carboxylic acids is 1. The molecule has 0 aliphatic heterocycles. The number of hydrogen-bond donors (Lipinski definition) is 1. The Morgan fingerprint density at radius 1 is 1.23 bits per heavy atom. The average Bonchev–Trinajstić information content (AvgIpc) is 2.60. The summed E-state index contributed by atoms with van der Waals surface area (Å²) in [4.78, 5) is 11.5. The lowest BCUT2D eigenvalue weighted by atomic mass is 10.2. The van der Waals surface area contributed by atoms with Gasteiger partial charge in [-0.05, 0) is 40.2 Å². The molecule has 0 aromatic heterocycles. The van der Waals surface area contributed by atoms with Gasteiger partial charge in [-0.25, -0.2) is 17.9 Å². The maximum atomic E-state index is 12.4. The highest BCUT2D eigenvalue weighted by atomic mass is 79.9. The Labute approximate surface area is 157 Å². The molecule has 0 radical (unpaired) electrons. The molecular weight excluding hydrogens is 436 g/mol. The largest absolute Gasteiger partial charge is 0.465 e. The fourth-order valence-electron chi connectivity index (χ4n) is 2.05. The molecule has 0 fully saturated rings. The molecule has 0 bridgehead atoms. The Morgan fingerprint density at radius 3 is 2.58 bits per heavy atom. The molecule has 2 aromatic rings. The van der Waals surface area contributed by atoms with Gasteiger partial charge < -0.3 is 9.47 Å². The number of nitrogens with one attached hydrogen (secondary N) is 1. The first kappa shape index (κ1) is 20.3. The van der Waals surface area contributed by atoms with Crippen molar-refractivity contribution in [2.45, 2.75) is 18.1 Å². The molecule has 1 N–H and O–H groups in total. The van der Waals surface area contributed by atoms with Crippen molar-refractivity contribution in [2.75, 3.05) is 7.11 Å². The van der Waals surface area contributed by atoms with E-state index in [4.69, 9.17) is 0 Å². The van der Waals surface area contributed by atoms with Crippen LogP contribution in [0.15, 0.2) is 51.8 Å². The summed E-state index contributed by atoms with van der Waals surface area (Å²) in [5.74, 6) is -0.833. The molecule has 26 heavy (non-hydrogen) atoms. The van der Waals surface area contributed by atoms with Crippen molar-refractivity contribution in [3.63, 3.8) is 0 Å². The first-order chi connectivity index (χ1) is 12.2. The zero-order valence-electron chi connectivity index (χ0n) is 13.4. The Bertz CT molecular complexity index is 905. The van der Waals surface area contributed by atoms with Gasteiger partial charge in [0.15, 0.2) is 0 Å². The van der Waals surface area contributed by atoms with Gasteiger partial charge in [0.1, 0.15) is 5.75 Å². The van der Waals surface area contributed by atoms with Crippen LogP contribution in [0.2, 0.25) is 0 Å². The van der Waals surface area contributed by atoms with E-state index in [1.165, 1.54) is 37.4 Å². The van der Waals surface area contributed by atoms with Crippen LogP contribution in [-0.4, -0.2) is 28.1 Å². The second-order valence-electron chi connectivity index (χ2n) is 4.94. The van der Waals surface area contributed by atoms with Crippen molar-refractivity contribution < 1.29 is 31.5 Å².